The van der Waals surface area contributed by atoms with Gasteiger partial charge in [-0.3, -0.25) is 9.59 Å². The number of hydrogen-bond donors (Lipinski definition) is 3. The van der Waals surface area contributed by atoms with Crippen molar-refractivity contribution in [2.45, 2.75) is 23.8 Å². The van der Waals surface area contributed by atoms with Crippen LogP contribution >= 0.6 is 11.6 Å². The fourth-order valence-corrected chi connectivity index (χ4v) is 4.95. The molecule has 0 saturated heterocycles. The normalized spacial score (nSPS) is 13.2. The topological polar surface area (TPSA) is 131 Å². The van der Waals surface area contributed by atoms with E-state index < -0.39 is 22.0 Å². The van der Waals surface area contributed by atoms with Crippen LogP contribution in [0.4, 0.5) is 0 Å². The third-order valence-electron chi connectivity index (χ3n) is 5.53. The van der Waals surface area contributed by atoms with Gasteiger partial charge in [-0.15, -0.1) is 0 Å². The number of carboxylic acid groups (broad SMARTS) is 1. The smallest absolute Gasteiger partial charge is 0.321 e. The molecule has 0 saturated carbocycles. The van der Waals surface area contributed by atoms with E-state index in [4.69, 9.17) is 21.1 Å². The quantitative estimate of drug-likeness (QED) is 0.341. The molecule has 1 aliphatic rings. The third-order valence-corrected chi connectivity index (χ3v) is 7.27. The number of carbonyl (C=O) groups excluding carboxylic acids is 1. The number of carboxylic acids is 1. The number of amides is 1. The first-order valence-corrected chi connectivity index (χ1v) is 12.9. The first kappa shape index (κ1) is 25.5. The molecule has 1 heterocycles. The second-order valence-electron chi connectivity index (χ2n) is 8.01. The van der Waals surface area contributed by atoms with E-state index in [1.807, 2.05) is 12.1 Å². The van der Waals surface area contributed by atoms with Crippen molar-refractivity contribution in [3.05, 3.63) is 77.3 Å². The lowest BCUT2D eigenvalue weighted by Gasteiger charge is -2.15. The highest BCUT2D eigenvalue weighted by atomic mass is 35.5. The van der Waals surface area contributed by atoms with Gasteiger partial charge in [-0.25, -0.2) is 8.42 Å². The summed E-state index contributed by atoms with van der Waals surface area (Å²) in [6.45, 7) is 0.258. The molecule has 0 fully saturated rings. The van der Waals surface area contributed by atoms with Gasteiger partial charge >= 0.3 is 5.97 Å². The number of nitrogens with one attached hydrogen (secondary N) is 2. The minimum Gasteiger partial charge on any atom is -0.480 e. The molecule has 11 heteroatoms. The zero-order chi connectivity index (χ0) is 25.7. The van der Waals surface area contributed by atoms with E-state index in [0.29, 0.717) is 22.1 Å². The highest BCUT2D eigenvalue weighted by Gasteiger charge is 2.25. The number of halogens is 1. The predicted octanol–water partition coefficient (Wildman–Crippen LogP) is 3.68. The Bertz CT molecular complexity index is 1360. The molecule has 1 amide bonds. The first-order valence-electron chi connectivity index (χ1n) is 11.0. The number of ether oxygens (including phenoxy) is 2. The average molecular weight is 531 g/mol. The molecule has 4 rings (SSSR count). The van der Waals surface area contributed by atoms with Gasteiger partial charge in [0.25, 0.3) is 5.91 Å². The van der Waals surface area contributed by atoms with Crippen molar-refractivity contribution in [3.8, 4) is 22.6 Å². The Hall–Kier alpha value is -3.60. The van der Waals surface area contributed by atoms with Crippen molar-refractivity contribution in [2.24, 2.45) is 0 Å². The molecule has 0 radical (unpaired) electrons. The highest BCUT2D eigenvalue weighted by Crippen LogP contribution is 2.32. The fourth-order valence-electron chi connectivity index (χ4n) is 3.60. The van der Waals surface area contributed by atoms with Crippen molar-refractivity contribution in [1.29, 1.82) is 0 Å². The van der Waals surface area contributed by atoms with Crippen LogP contribution in [0.5, 0.6) is 11.5 Å². The molecule has 188 valence electrons. The van der Waals surface area contributed by atoms with Crippen LogP contribution in [0.2, 0.25) is 5.02 Å². The van der Waals surface area contributed by atoms with Gasteiger partial charge in [0.1, 0.15) is 6.04 Å². The van der Waals surface area contributed by atoms with Crippen molar-refractivity contribution in [1.82, 2.24) is 10.0 Å². The fraction of sp³-hybridized carbons (Fsp3) is 0.200. The molecule has 9 nitrogen and oxygen atoms in total. The molecule has 36 heavy (non-hydrogen) atoms. The zero-order valence-corrected chi connectivity index (χ0v) is 20.5. The van der Waals surface area contributed by atoms with Crippen LogP contribution < -0.4 is 19.5 Å². The second kappa shape index (κ2) is 11.0. The molecule has 0 bridgehead atoms. The lowest BCUT2D eigenvalue weighted by molar-refractivity contribution is -0.139. The van der Waals surface area contributed by atoms with Crippen LogP contribution in [0.3, 0.4) is 0 Å². The van der Waals surface area contributed by atoms with E-state index in [-0.39, 0.29) is 37.0 Å². The number of benzene rings is 3. The molecule has 0 aliphatic carbocycles. The van der Waals surface area contributed by atoms with Gasteiger partial charge < -0.3 is 19.9 Å². The highest BCUT2D eigenvalue weighted by molar-refractivity contribution is 7.89. The van der Waals surface area contributed by atoms with Crippen LogP contribution in [0.15, 0.2) is 71.6 Å². The molecule has 0 unspecified atom stereocenters. The van der Waals surface area contributed by atoms with Crippen LogP contribution in [0.25, 0.3) is 11.1 Å². The summed E-state index contributed by atoms with van der Waals surface area (Å²) >= 11 is 5.90. The minimum atomic E-state index is -4.08. The molecule has 1 aliphatic heterocycles. The second-order valence-corrected chi connectivity index (χ2v) is 10.2. The average Bonchev–Trinajstić information content (AvgIpc) is 3.34. The summed E-state index contributed by atoms with van der Waals surface area (Å²) in [5.41, 5.74) is 2.03. The maximum Gasteiger partial charge on any atom is 0.321 e. The predicted molar refractivity (Wildman–Crippen MR) is 133 cm³/mol. The number of hydrogen-bond acceptors (Lipinski definition) is 6. The van der Waals surface area contributed by atoms with Crippen LogP contribution in [-0.2, 0) is 14.8 Å². The van der Waals surface area contributed by atoms with Crippen molar-refractivity contribution < 1.29 is 32.6 Å². The molecule has 0 spiro atoms. The van der Waals surface area contributed by atoms with E-state index in [1.54, 1.807) is 42.5 Å². The SMILES string of the molecule is O=C(NCCC[C@@H](NS(=O)(=O)c1ccc(-c2ccc(Cl)cc2)cc1)C(=O)O)c1ccc2c(c1)OCO2. The summed E-state index contributed by atoms with van der Waals surface area (Å²) in [4.78, 5) is 24.0. The largest absolute Gasteiger partial charge is 0.480 e. The molecular weight excluding hydrogens is 508 g/mol. The number of sulfonamides is 1. The van der Waals surface area contributed by atoms with Gasteiger partial charge in [-0.05, 0) is 66.4 Å². The summed E-state index contributed by atoms with van der Waals surface area (Å²) < 4.78 is 38.2. The number of aliphatic carboxylic acids is 1. The molecule has 1 atom stereocenters. The Morgan fingerprint density at radius 1 is 0.944 bits per heavy atom. The molecular formula is C25H23ClN2O7S. The first-order chi connectivity index (χ1) is 17.2. The molecule has 0 aromatic heterocycles. The lowest BCUT2D eigenvalue weighted by atomic mass is 10.1. The Morgan fingerprint density at radius 2 is 1.58 bits per heavy atom. The Labute approximate surface area is 213 Å². The summed E-state index contributed by atoms with van der Waals surface area (Å²) in [6, 6.07) is 16.6. The zero-order valence-electron chi connectivity index (χ0n) is 18.9. The van der Waals surface area contributed by atoms with Gasteiger partial charge in [-0.2, -0.15) is 4.72 Å². The van der Waals surface area contributed by atoms with Gasteiger partial charge in [0, 0.05) is 17.1 Å². The Morgan fingerprint density at radius 3 is 2.25 bits per heavy atom. The van der Waals surface area contributed by atoms with E-state index in [2.05, 4.69) is 10.0 Å². The van der Waals surface area contributed by atoms with Crippen LogP contribution in [0, 0.1) is 0 Å². The molecule has 3 N–H and O–H groups in total. The summed E-state index contributed by atoms with van der Waals surface area (Å²) in [7, 11) is -4.08. The Balaban J connectivity index is 1.31. The summed E-state index contributed by atoms with van der Waals surface area (Å²) in [5.74, 6) is -0.632. The van der Waals surface area contributed by atoms with Gasteiger partial charge in [-0.1, -0.05) is 35.9 Å². The minimum absolute atomic E-state index is 0.0150. The lowest BCUT2D eigenvalue weighted by Crippen LogP contribution is -2.41. The number of fused-ring (bicyclic) bond motifs is 1. The van der Waals surface area contributed by atoms with Gasteiger partial charge in [0.15, 0.2) is 11.5 Å². The van der Waals surface area contributed by atoms with E-state index in [0.717, 1.165) is 11.1 Å². The summed E-state index contributed by atoms with van der Waals surface area (Å²) in [5, 5.41) is 12.8. The number of rotatable bonds is 10. The van der Waals surface area contributed by atoms with Crippen LogP contribution in [-0.4, -0.2) is 44.8 Å². The van der Waals surface area contributed by atoms with Crippen molar-refractivity contribution >= 4 is 33.5 Å². The standard InChI is InChI=1S/C25H23ClN2O7S/c26-19-8-3-16(4-9-19)17-5-10-20(11-6-17)36(32,33)28-21(25(30)31)2-1-13-27-24(29)18-7-12-22-23(14-18)35-15-34-22/h3-12,14,21,28H,1-2,13,15H2,(H,27,29)(H,30,31)/t21-/m1/s1. The monoisotopic (exact) mass is 530 g/mol. The maximum atomic E-state index is 12.8. The third kappa shape index (κ3) is 6.14. The Kier molecular flexibility index (Phi) is 7.78. The molecule has 3 aromatic carbocycles. The van der Waals surface area contributed by atoms with E-state index in [9.17, 15) is 23.1 Å². The maximum absolute atomic E-state index is 12.8. The van der Waals surface area contributed by atoms with E-state index >= 15 is 0 Å². The van der Waals surface area contributed by atoms with E-state index in [1.165, 1.54) is 12.1 Å². The van der Waals surface area contributed by atoms with Gasteiger partial charge in [0.05, 0.1) is 4.90 Å². The van der Waals surface area contributed by atoms with Crippen LogP contribution in [0.1, 0.15) is 23.2 Å². The van der Waals surface area contributed by atoms with Crippen molar-refractivity contribution in [2.75, 3.05) is 13.3 Å². The van der Waals surface area contributed by atoms with Crippen molar-refractivity contribution in [3.63, 3.8) is 0 Å². The molecule has 3 aromatic rings. The van der Waals surface area contributed by atoms with Gasteiger partial charge in [0.2, 0.25) is 16.8 Å². The summed E-state index contributed by atoms with van der Waals surface area (Å²) in [6.07, 6.45) is 0.226. The number of carbonyl (C=O) groups is 2.